The maximum absolute atomic E-state index is 5.95. The molecule has 0 radical (unpaired) electrons. The van der Waals surface area contributed by atoms with Gasteiger partial charge in [0.2, 0.25) is 0 Å². The lowest BCUT2D eigenvalue weighted by atomic mass is 10.0. The quantitative estimate of drug-likeness (QED) is 0.757. The standard InChI is InChI=1S/C15H15NO/c1-10(2)8-14-12-9-16-7-6-11-4-3-5-13(17-14)15(11)12/h3-7,9-10H,8H2,1-2H3. The van der Waals surface area contributed by atoms with E-state index in [0.717, 1.165) is 23.3 Å². The predicted octanol–water partition coefficient (Wildman–Crippen LogP) is 4.03. The molecule has 1 aliphatic heterocycles. The van der Waals surface area contributed by atoms with Crippen LogP contribution in [0.5, 0.6) is 0 Å². The van der Waals surface area contributed by atoms with Crippen molar-refractivity contribution in [3.63, 3.8) is 0 Å². The minimum Gasteiger partial charge on any atom is -0.460 e. The molecule has 0 N–H and O–H groups in total. The van der Waals surface area contributed by atoms with Crippen LogP contribution < -0.4 is 0 Å². The highest BCUT2D eigenvalue weighted by Gasteiger charge is 2.16. The van der Waals surface area contributed by atoms with Gasteiger partial charge >= 0.3 is 0 Å². The average molecular weight is 225 g/mol. The number of furan rings is 1. The summed E-state index contributed by atoms with van der Waals surface area (Å²) in [6.45, 7) is 4.40. The number of rotatable bonds is 2. The molecule has 2 nitrogen and oxygen atoms in total. The molecule has 1 aromatic heterocycles. The van der Waals surface area contributed by atoms with Crippen molar-refractivity contribution >= 4 is 23.3 Å². The van der Waals surface area contributed by atoms with E-state index in [1.165, 1.54) is 10.9 Å². The molecule has 1 aliphatic rings. The fourth-order valence-electron chi connectivity index (χ4n) is 2.29. The Hall–Kier alpha value is -1.83. The lowest BCUT2D eigenvalue weighted by Crippen LogP contribution is -1.95. The number of benzene rings is 1. The summed E-state index contributed by atoms with van der Waals surface area (Å²) >= 11 is 0. The summed E-state index contributed by atoms with van der Waals surface area (Å²) in [4.78, 5) is 4.29. The van der Waals surface area contributed by atoms with E-state index in [1.807, 2.05) is 30.6 Å². The van der Waals surface area contributed by atoms with E-state index < -0.39 is 0 Å². The van der Waals surface area contributed by atoms with Gasteiger partial charge in [-0.1, -0.05) is 26.0 Å². The first-order valence-corrected chi connectivity index (χ1v) is 6.00. The highest BCUT2D eigenvalue weighted by Crippen LogP contribution is 2.31. The first-order chi connectivity index (χ1) is 8.25. The van der Waals surface area contributed by atoms with Gasteiger partial charge in [0.05, 0.1) is 0 Å². The zero-order chi connectivity index (χ0) is 11.8. The second-order valence-electron chi connectivity index (χ2n) is 4.85. The van der Waals surface area contributed by atoms with E-state index in [-0.39, 0.29) is 0 Å². The van der Waals surface area contributed by atoms with E-state index >= 15 is 0 Å². The third-order valence-electron chi connectivity index (χ3n) is 3.00. The lowest BCUT2D eigenvalue weighted by molar-refractivity contribution is 0.499. The first kappa shape index (κ1) is 10.3. The second-order valence-corrected chi connectivity index (χ2v) is 4.85. The monoisotopic (exact) mass is 225 g/mol. The molecule has 17 heavy (non-hydrogen) atoms. The van der Waals surface area contributed by atoms with Crippen molar-refractivity contribution in [2.24, 2.45) is 10.9 Å². The van der Waals surface area contributed by atoms with Gasteiger partial charge in [-0.3, -0.25) is 4.99 Å². The molecule has 0 aliphatic carbocycles. The van der Waals surface area contributed by atoms with Crippen LogP contribution >= 0.6 is 0 Å². The Bertz CT molecular complexity index is 617. The largest absolute Gasteiger partial charge is 0.460 e. The van der Waals surface area contributed by atoms with Crippen LogP contribution in [0, 0.1) is 5.92 Å². The number of nitrogens with zero attached hydrogens (tertiary/aromatic N) is 1. The van der Waals surface area contributed by atoms with Gasteiger partial charge in [-0.05, 0) is 23.6 Å². The molecule has 0 bridgehead atoms. The van der Waals surface area contributed by atoms with Crippen molar-refractivity contribution in [2.75, 3.05) is 0 Å². The molecule has 0 fully saturated rings. The Morgan fingerprint density at radius 1 is 1.29 bits per heavy atom. The highest BCUT2D eigenvalue weighted by molar-refractivity contribution is 6.04. The van der Waals surface area contributed by atoms with E-state index in [4.69, 9.17) is 4.42 Å². The minimum atomic E-state index is 0.583. The van der Waals surface area contributed by atoms with Gasteiger partial charge < -0.3 is 4.42 Å². The van der Waals surface area contributed by atoms with Crippen molar-refractivity contribution in [1.82, 2.24) is 0 Å². The van der Waals surface area contributed by atoms with Gasteiger partial charge in [0.15, 0.2) is 0 Å². The third-order valence-corrected chi connectivity index (χ3v) is 3.00. The minimum absolute atomic E-state index is 0.583. The van der Waals surface area contributed by atoms with E-state index in [9.17, 15) is 0 Å². The van der Waals surface area contributed by atoms with Crippen LogP contribution in [0.2, 0.25) is 0 Å². The lowest BCUT2D eigenvalue weighted by Gasteiger charge is -2.01. The Kier molecular flexibility index (Phi) is 2.36. The van der Waals surface area contributed by atoms with Crippen LogP contribution in [-0.4, -0.2) is 6.21 Å². The average Bonchev–Trinajstić information content (AvgIpc) is 2.49. The Labute approximate surface area is 101 Å². The van der Waals surface area contributed by atoms with Crippen LogP contribution in [0.4, 0.5) is 0 Å². The molecule has 3 rings (SSSR count). The van der Waals surface area contributed by atoms with Gasteiger partial charge in [0, 0.05) is 29.8 Å². The van der Waals surface area contributed by atoms with Gasteiger partial charge in [-0.2, -0.15) is 0 Å². The molecular formula is C15H15NO. The molecule has 2 aromatic rings. The van der Waals surface area contributed by atoms with Crippen LogP contribution in [0.15, 0.2) is 33.8 Å². The van der Waals surface area contributed by atoms with Crippen molar-refractivity contribution in [3.05, 3.63) is 41.3 Å². The first-order valence-electron chi connectivity index (χ1n) is 6.00. The number of aliphatic imine (C=N–C) groups is 1. The van der Waals surface area contributed by atoms with Crippen LogP contribution in [-0.2, 0) is 6.42 Å². The third kappa shape index (κ3) is 1.70. The molecule has 0 spiro atoms. The van der Waals surface area contributed by atoms with Crippen molar-refractivity contribution in [1.29, 1.82) is 0 Å². The van der Waals surface area contributed by atoms with Crippen LogP contribution in [0.3, 0.4) is 0 Å². The summed E-state index contributed by atoms with van der Waals surface area (Å²) < 4.78 is 5.95. The topological polar surface area (TPSA) is 25.5 Å². The van der Waals surface area contributed by atoms with Gasteiger partial charge in [-0.25, -0.2) is 0 Å². The highest BCUT2D eigenvalue weighted by atomic mass is 16.3. The van der Waals surface area contributed by atoms with Crippen molar-refractivity contribution < 1.29 is 4.42 Å². The smallest absolute Gasteiger partial charge is 0.135 e. The molecule has 0 unspecified atom stereocenters. The molecule has 0 saturated heterocycles. The van der Waals surface area contributed by atoms with Crippen molar-refractivity contribution in [3.8, 4) is 0 Å². The normalized spacial score (nSPS) is 13.6. The molecule has 86 valence electrons. The summed E-state index contributed by atoms with van der Waals surface area (Å²) in [5.41, 5.74) is 3.30. The van der Waals surface area contributed by atoms with E-state index in [2.05, 4.69) is 24.9 Å². The molecular weight excluding hydrogens is 210 g/mol. The van der Waals surface area contributed by atoms with Crippen LogP contribution in [0.1, 0.15) is 30.7 Å². The SMILES string of the molecule is CC(C)Cc1oc2cccc3c2c1C=NC=C3. The summed E-state index contributed by atoms with van der Waals surface area (Å²) in [6.07, 6.45) is 6.74. The van der Waals surface area contributed by atoms with Gasteiger partial charge in [0.1, 0.15) is 11.3 Å². The summed E-state index contributed by atoms with van der Waals surface area (Å²) in [7, 11) is 0. The molecule has 0 atom stereocenters. The maximum atomic E-state index is 5.95. The molecule has 1 aromatic carbocycles. The number of hydrogen-bond donors (Lipinski definition) is 0. The Morgan fingerprint density at radius 3 is 3.00 bits per heavy atom. The zero-order valence-corrected chi connectivity index (χ0v) is 10.1. The predicted molar refractivity (Wildman–Crippen MR) is 71.4 cm³/mol. The zero-order valence-electron chi connectivity index (χ0n) is 10.1. The fourth-order valence-corrected chi connectivity index (χ4v) is 2.29. The molecule has 0 amide bonds. The molecule has 2 heteroatoms. The summed E-state index contributed by atoms with van der Waals surface area (Å²) in [5, 5.41) is 1.20. The second kappa shape index (κ2) is 3.88. The molecule has 2 heterocycles. The van der Waals surface area contributed by atoms with E-state index in [0.29, 0.717) is 5.92 Å². The van der Waals surface area contributed by atoms with E-state index in [1.54, 1.807) is 0 Å². The molecule has 0 saturated carbocycles. The maximum Gasteiger partial charge on any atom is 0.135 e. The summed E-state index contributed by atoms with van der Waals surface area (Å²) in [6, 6.07) is 6.16. The van der Waals surface area contributed by atoms with Gasteiger partial charge in [-0.15, -0.1) is 0 Å². The summed E-state index contributed by atoms with van der Waals surface area (Å²) in [5.74, 6) is 1.63. The Balaban J connectivity index is 2.29. The number of hydrogen-bond acceptors (Lipinski definition) is 2. The van der Waals surface area contributed by atoms with Crippen LogP contribution in [0.25, 0.3) is 17.0 Å². The Morgan fingerprint density at radius 2 is 2.18 bits per heavy atom. The fraction of sp³-hybridized carbons (Fsp3) is 0.267. The van der Waals surface area contributed by atoms with Crippen molar-refractivity contribution in [2.45, 2.75) is 20.3 Å². The van der Waals surface area contributed by atoms with Gasteiger partial charge in [0.25, 0.3) is 0 Å².